The Labute approximate surface area is 171 Å². The summed E-state index contributed by atoms with van der Waals surface area (Å²) in [5, 5.41) is 9.54. The van der Waals surface area contributed by atoms with Gasteiger partial charge in [-0.25, -0.2) is 0 Å². The molecular formula is C21H25Cl2NO3. The van der Waals surface area contributed by atoms with Crippen LogP contribution in [0.25, 0.3) is 0 Å². The van der Waals surface area contributed by atoms with Crippen LogP contribution < -0.4 is 0 Å². The van der Waals surface area contributed by atoms with Crippen molar-refractivity contribution in [3.8, 4) is 0 Å². The molecule has 27 heavy (non-hydrogen) atoms. The Morgan fingerprint density at radius 3 is 2.26 bits per heavy atom. The Hall–Kier alpha value is -1.59. The number of ether oxygens (including phenoxy) is 1. The largest absolute Gasteiger partial charge is 0.481 e. The fraction of sp³-hybridized carbons (Fsp3) is 0.381. The van der Waals surface area contributed by atoms with Crippen molar-refractivity contribution in [1.29, 1.82) is 0 Å². The van der Waals surface area contributed by atoms with Gasteiger partial charge < -0.3 is 14.7 Å². The van der Waals surface area contributed by atoms with Gasteiger partial charge in [0.2, 0.25) is 0 Å². The maximum absolute atomic E-state index is 10.7. The fourth-order valence-electron chi connectivity index (χ4n) is 3.33. The number of halogens is 2. The number of rotatable bonds is 7. The van der Waals surface area contributed by atoms with E-state index in [-0.39, 0.29) is 31.0 Å². The van der Waals surface area contributed by atoms with Crippen molar-refractivity contribution >= 4 is 30.0 Å². The number of carboxylic acids is 1. The first-order valence-electron chi connectivity index (χ1n) is 9.02. The standard InChI is InChI=1S/C21H24ClNO3.ClH/c22-18-8-6-17(7-9-18)21(16-4-2-1-3-5-16)26-19-10-13-23(14-11-19)15-12-20(24)25;/h1-9,19,21H,10-15H2,(H,24,25);1H. The Bertz CT molecular complexity index is 701. The summed E-state index contributed by atoms with van der Waals surface area (Å²) in [6.07, 6.45) is 2.07. The molecule has 0 aromatic heterocycles. The molecule has 4 nitrogen and oxygen atoms in total. The Morgan fingerprint density at radius 1 is 1.07 bits per heavy atom. The molecule has 1 fully saturated rings. The zero-order chi connectivity index (χ0) is 18.4. The number of carboxylic acid groups (broad SMARTS) is 1. The smallest absolute Gasteiger partial charge is 0.304 e. The van der Waals surface area contributed by atoms with Crippen molar-refractivity contribution < 1.29 is 14.6 Å². The van der Waals surface area contributed by atoms with E-state index >= 15 is 0 Å². The molecule has 0 amide bonds. The van der Waals surface area contributed by atoms with E-state index in [4.69, 9.17) is 21.4 Å². The number of hydrogen-bond acceptors (Lipinski definition) is 3. The summed E-state index contributed by atoms with van der Waals surface area (Å²) >= 11 is 6.03. The molecule has 2 aromatic rings. The average Bonchev–Trinajstić information content (AvgIpc) is 2.67. The molecule has 1 aliphatic heterocycles. The van der Waals surface area contributed by atoms with Crippen LogP contribution in [0.5, 0.6) is 0 Å². The predicted octanol–water partition coefficient (Wildman–Crippen LogP) is 4.81. The van der Waals surface area contributed by atoms with Gasteiger partial charge in [-0.3, -0.25) is 4.79 Å². The van der Waals surface area contributed by atoms with E-state index in [1.807, 2.05) is 42.5 Å². The van der Waals surface area contributed by atoms with Crippen molar-refractivity contribution in [3.05, 3.63) is 70.7 Å². The lowest BCUT2D eigenvalue weighted by Crippen LogP contribution is -2.38. The molecule has 1 saturated heterocycles. The number of benzene rings is 2. The summed E-state index contributed by atoms with van der Waals surface area (Å²) in [6.45, 7) is 2.36. The molecule has 1 aliphatic rings. The van der Waals surface area contributed by atoms with Crippen LogP contribution >= 0.6 is 24.0 Å². The summed E-state index contributed by atoms with van der Waals surface area (Å²) in [7, 11) is 0. The first kappa shape index (κ1) is 21.7. The SMILES string of the molecule is Cl.O=C(O)CCN1CCC(OC(c2ccccc2)c2ccc(Cl)cc2)CC1. The fourth-order valence-corrected chi connectivity index (χ4v) is 3.46. The number of carbonyl (C=O) groups is 1. The third-order valence-electron chi connectivity index (χ3n) is 4.78. The minimum atomic E-state index is -0.741. The molecule has 6 heteroatoms. The van der Waals surface area contributed by atoms with E-state index in [1.165, 1.54) is 0 Å². The molecule has 2 aromatic carbocycles. The van der Waals surface area contributed by atoms with Gasteiger partial charge in [0.25, 0.3) is 0 Å². The quantitative estimate of drug-likeness (QED) is 0.712. The molecule has 0 bridgehead atoms. The van der Waals surface area contributed by atoms with Crippen LogP contribution in [-0.4, -0.2) is 41.7 Å². The summed E-state index contributed by atoms with van der Waals surface area (Å²) in [4.78, 5) is 12.9. The topological polar surface area (TPSA) is 49.8 Å². The zero-order valence-corrected chi connectivity index (χ0v) is 16.7. The number of piperidine rings is 1. The molecule has 146 valence electrons. The third kappa shape index (κ3) is 6.51. The molecular weight excluding hydrogens is 385 g/mol. The highest BCUT2D eigenvalue weighted by atomic mass is 35.5. The van der Waals surface area contributed by atoms with E-state index < -0.39 is 5.97 Å². The molecule has 3 rings (SSSR count). The van der Waals surface area contributed by atoms with Crippen LogP contribution in [0.4, 0.5) is 0 Å². The minimum absolute atomic E-state index is 0. The van der Waals surface area contributed by atoms with Gasteiger partial charge >= 0.3 is 5.97 Å². The number of nitrogens with zero attached hydrogens (tertiary/aromatic N) is 1. The predicted molar refractivity (Wildman–Crippen MR) is 110 cm³/mol. The highest BCUT2D eigenvalue weighted by molar-refractivity contribution is 6.30. The Kier molecular flexibility index (Phi) is 8.58. The minimum Gasteiger partial charge on any atom is -0.481 e. The summed E-state index contributed by atoms with van der Waals surface area (Å²) in [5.74, 6) is -0.741. The van der Waals surface area contributed by atoms with E-state index in [0.29, 0.717) is 11.6 Å². The third-order valence-corrected chi connectivity index (χ3v) is 5.03. The maximum atomic E-state index is 10.7. The molecule has 1 atom stereocenters. The van der Waals surface area contributed by atoms with Crippen molar-refractivity contribution in [2.45, 2.75) is 31.5 Å². The average molecular weight is 410 g/mol. The van der Waals surface area contributed by atoms with Crippen LogP contribution in [0.1, 0.15) is 36.5 Å². The van der Waals surface area contributed by atoms with Gasteiger partial charge in [0.1, 0.15) is 6.10 Å². The van der Waals surface area contributed by atoms with Crippen LogP contribution in [0, 0.1) is 0 Å². The zero-order valence-electron chi connectivity index (χ0n) is 15.1. The second kappa shape index (κ2) is 10.7. The van der Waals surface area contributed by atoms with Crippen LogP contribution in [0.3, 0.4) is 0 Å². The summed E-state index contributed by atoms with van der Waals surface area (Å²) in [6, 6.07) is 18.0. The molecule has 0 saturated carbocycles. The molecule has 0 aliphatic carbocycles. The number of hydrogen-bond donors (Lipinski definition) is 1. The Morgan fingerprint density at radius 2 is 1.67 bits per heavy atom. The van der Waals surface area contributed by atoms with E-state index in [9.17, 15) is 4.79 Å². The Balaban J connectivity index is 0.00000261. The first-order valence-corrected chi connectivity index (χ1v) is 9.39. The van der Waals surface area contributed by atoms with Gasteiger partial charge in [0, 0.05) is 24.7 Å². The second-order valence-corrected chi connectivity index (χ2v) is 7.10. The van der Waals surface area contributed by atoms with Gasteiger partial charge in [-0.05, 0) is 36.1 Å². The van der Waals surface area contributed by atoms with E-state index in [2.05, 4.69) is 17.0 Å². The van der Waals surface area contributed by atoms with Crippen molar-refractivity contribution in [2.24, 2.45) is 0 Å². The maximum Gasteiger partial charge on any atom is 0.304 e. The van der Waals surface area contributed by atoms with Crippen molar-refractivity contribution in [2.75, 3.05) is 19.6 Å². The molecule has 1 heterocycles. The highest BCUT2D eigenvalue weighted by Crippen LogP contribution is 2.30. The van der Waals surface area contributed by atoms with Gasteiger partial charge in [0.05, 0.1) is 12.5 Å². The summed E-state index contributed by atoms with van der Waals surface area (Å²) in [5.41, 5.74) is 2.22. The van der Waals surface area contributed by atoms with E-state index in [1.54, 1.807) is 0 Å². The number of likely N-dealkylation sites (tertiary alicyclic amines) is 1. The highest BCUT2D eigenvalue weighted by Gasteiger charge is 2.24. The lowest BCUT2D eigenvalue weighted by molar-refractivity contribution is -0.137. The monoisotopic (exact) mass is 409 g/mol. The van der Waals surface area contributed by atoms with Gasteiger partial charge in [0.15, 0.2) is 0 Å². The lowest BCUT2D eigenvalue weighted by atomic mass is 10.00. The van der Waals surface area contributed by atoms with Crippen molar-refractivity contribution in [3.63, 3.8) is 0 Å². The first-order chi connectivity index (χ1) is 12.6. The molecule has 0 spiro atoms. The lowest BCUT2D eigenvalue weighted by Gasteiger charge is -2.34. The molecule has 1 N–H and O–H groups in total. The van der Waals surface area contributed by atoms with Crippen molar-refractivity contribution in [1.82, 2.24) is 4.90 Å². The van der Waals surface area contributed by atoms with E-state index in [0.717, 1.165) is 37.1 Å². The molecule has 0 radical (unpaired) electrons. The van der Waals surface area contributed by atoms with Gasteiger partial charge in [-0.2, -0.15) is 0 Å². The summed E-state index contributed by atoms with van der Waals surface area (Å²) < 4.78 is 6.49. The van der Waals surface area contributed by atoms with Gasteiger partial charge in [-0.15, -0.1) is 12.4 Å². The number of aliphatic carboxylic acids is 1. The molecule has 1 unspecified atom stereocenters. The van der Waals surface area contributed by atoms with Crippen LogP contribution in [-0.2, 0) is 9.53 Å². The van der Waals surface area contributed by atoms with Crippen LogP contribution in [0.15, 0.2) is 54.6 Å². The normalized spacial score (nSPS) is 16.5. The van der Waals surface area contributed by atoms with Gasteiger partial charge in [-0.1, -0.05) is 54.1 Å². The second-order valence-electron chi connectivity index (χ2n) is 6.66. The van der Waals surface area contributed by atoms with Crippen LogP contribution in [0.2, 0.25) is 5.02 Å².